The third-order valence-electron chi connectivity index (χ3n) is 3.07. The van der Waals surface area contributed by atoms with Gasteiger partial charge in [-0.05, 0) is 48.7 Å². The molecule has 0 bridgehead atoms. The second kappa shape index (κ2) is 5.85. The highest BCUT2D eigenvalue weighted by atomic mass is 35.5. The van der Waals surface area contributed by atoms with Crippen molar-refractivity contribution in [1.82, 2.24) is 0 Å². The molecule has 0 amide bonds. The number of rotatable bonds is 4. The van der Waals surface area contributed by atoms with Crippen molar-refractivity contribution in [3.63, 3.8) is 0 Å². The van der Waals surface area contributed by atoms with E-state index < -0.39 is 10.0 Å². The summed E-state index contributed by atoms with van der Waals surface area (Å²) < 4.78 is 27.0. The zero-order valence-electron chi connectivity index (χ0n) is 11.4. The molecular weight excluding hydrogens is 294 g/mol. The number of halogens is 1. The number of nitrogens with one attached hydrogen (secondary N) is 1. The lowest BCUT2D eigenvalue weighted by Gasteiger charge is -2.09. The van der Waals surface area contributed by atoms with Gasteiger partial charge in [0.15, 0.2) is 0 Å². The molecule has 0 spiro atoms. The summed E-state index contributed by atoms with van der Waals surface area (Å²) in [5, 5.41) is 0.534. The minimum absolute atomic E-state index is 0.242. The number of sulfonamides is 1. The Labute approximate surface area is 124 Å². The van der Waals surface area contributed by atoms with E-state index in [1.807, 2.05) is 26.0 Å². The molecule has 0 aliphatic rings. The Kier molecular flexibility index (Phi) is 4.35. The maximum absolute atomic E-state index is 12.2. The molecule has 0 aromatic heterocycles. The van der Waals surface area contributed by atoms with E-state index in [0.717, 1.165) is 17.5 Å². The molecule has 5 heteroatoms. The van der Waals surface area contributed by atoms with Crippen molar-refractivity contribution >= 4 is 27.3 Å². The highest BCUT2D eigenvalue weighted by molar-refractivity contribution is 7.92. The van der Waals surface area contributed by atoms with Crippen LogP contribution in [0.4, 0.5) is 5.69 Å². The van der Waals surface area contributed by atoms with E-state index in [1.54, 1.807) is 30.3 Å². The first-order chi connectivity index (χ1) is 9.42. The standard InChI is InChI=1S/C15H16ClNO2S/c1-3-12-5-8-14(9-6-12)20(18,19)17-13-7-4-11(2)15(16)10-13/h4-10,17H,3H2,1-2H3. The molecule has 0 unspecified atom stereocenters. The molecule has 0 saturated heterocycles. The van der Waals surface area contributed by atoms with Crippen molar-refractivity contribution in [2.24, 2.45) is 0 Å². The van der Waals surface area contributed by atoms with Crippen LogP contribution in [0.1, 0.15) is 18.1 Å². The molecular formula is C15H16ClNO2S. The van der Waals surface area contributed by atoms with Crippen molar-refractivity contribution < 1.29 is 8.42 Å². The molecule has 106 valence electrons. The summed E-state index contributed by atoms with van der Waals surface area (Å²) in [7, 11) is -3.58. The maximum Gasteiger partial charge on any atom is 0.261 e. The largest absolute Gasteiger partial charge is 0.280 e. The third-order valence-corrected chi connectivity index (χ3v) is 4.87. The lowest BCUT2D eigenvalue weighted by molar-refractivity contribution is 0.601. The van der Waals surface area contributed by atoms with E-state index >= 15 is 0 Å². The van der Waals surface area contributed by atoms with Gasteiger partial charge in [0.25, 0.3) is 10.0 Å². The Morgan fingerprint density at radius 2 is 1.75 bits per heavy atom. The fraction of sp³-hybridized carbons (Fsp3) is 0.200. The van der Waals surface area contributed by atoms with Crippen LogP contribution < -0.4 is 4.72 Å². The average molecular weight is 310 g/mol. The summed E-state index contributed by atoms with van der Waals surface area (Å²) in [6.07, 6.45) is 0.876. The lowest BCUT2D eigenvalue weighted by Crippen LogP contribution is -2.13. The van der Waals surface area contributed by atoms with Crippen LogP contribution in [-0.4, -0.2) is 8.42 Å². The van der Waals surface area contributed by atoms with E-state index in [2.05, 4.69) is 4.72 Å². The Hall–Kier alpha value is -1.52. The Balaban J connectivity index is 2.27. The van der Waals surface area contributed by atoms with Crippen LogP contribution in [0.5, 0.6) is 0 Å². The molecule has 2 aromatic rings. The molecule has 0 saturated carbocycles. The molecule has 0 radical (unpaired) electrons. The highest BCUT2D eigenvalue weighted by Crippen LogP contribution is 2.22. The van der Waals surface area contributed by atoms with Crippen molar-refractivity contribution in [1.29, 1.82) is 0 Å². The molecule has 20 heavy (non-hydrogen) atoms. The first kappa shape index (κ1) is 14.9. The monoisotopic (exact) mass is 309 g/mol. The van der Waals surface area contributed by atoms with Gasteiger partial charge >= 0.3 is 0 Å². The van der Waals surface area contributed by atoms with Gasteiger partial charge in [-0.15, -0.1) is 0 Å². The minimum Gasteiger partial charge on any atom is -0.280 e. The van der Waals surface area contributed by atoms with Gasteiger partial charge in [-0.25, -0.2) is 8.42 Å². The Morgan fingerprint density at radius 1 is 1.10 bits per heavy atom. The summed E-state index contributed by atoms with van der Waals surface area (Å²) in [5.41, 5.74) is 2.46. The zero-order valence-corrected chi connectivity index (χ0v) is 12.9. The predicted octanol–water partition coefficient (Wildman–Crippen LogP) is 4.01. The van der Waals surface area contributed by atoms with Crippen LogP contribution in [0.15, 0.2) is 47.4 Å². The van der Waals surface area contributed by atoms with Gasteiger partial charge in [-0.2, -0.15) is 0 Å². The number of hydrogen-bond donors (Lipinski definition) is 1. The van der Waals surface area contributed by atoms with Crippen molar-refractivity contribution in [3.8, 4) is 0 Å². The topological polar surface area (TPSA) is 46.2 Å². The Morgan fingerprint density at radius 3 is 2.30 bits per heavy atom. The van der Waals surface area contributed by atoms with Gasteiger partial charge in [0.05, 0.1) is 10.6 Å². The first-order valence-electron chi connectivity index (χ1n) is 6.30. The molecule has 0 fully saturated rings. The second-order valence-corrected chi connectivity index (χ2v) is 6.66. The van der Waals surface area contributed by atoms with Crippen LogP contribution in [-0.2, 0) is 16.4 Å². The van der Waals surface area contributed by atoms with E-state index in [1.165, 1.54) is 0 Å². The smallest absolute Gasteiger partial charge is 0.261 e. The van der Waals surface area contributed by atoms with Gasteiger partial charge in [0.1, 0.15) is 0 Å². The minimum atomic E-state index is -3.58. The first-order valence-corrected chi connectivity index (χ1v) is 8.16. The van der Waals surface area contributed by atoms with Gasteiger partial charge in [0, 0.05) is 5.02 Å². The maximum atomic E-state index is 12.2. The third kappa shape index (κ3) is 3.32. The molecule has 0 atom stereocenters. The summed E-state index contributed by atoms with van der Waals surface area (Å²) in [6, 6.07) is 11.9. The van der Waals surface area contributed by atoms with Crippen LogP contribution >= 0.6 is 11.6 Å². The van der Waals surface area contributed by atoms with Crippen molar-refractivity contribution in [2.75, 3.05) is 4.72 Å². The molecule has 2 aromatic carbocycles. The number of benzene rings is 2. The van der Waals surface area contributed by atoms with E-state index in [0.29, 0.717) is 10.7 Å². The fourth-order valence-corrected chi connectivity index (χ4v) is 3.00. The van der Waals surface area contributed by atoms with Gasteiger partial charge < -0.3 is 0 Å². The van der Waals surface area contributed by atoms with E-state index in [9.17, 15) is 8.42 Å². The zero-order chi connectivity index (χ0) is 14.8. The second-order valence-electron chi connectivity index (χ2n) is 4.57. The summed E-state index contributed by atoms with van der Waals surface area (Å²) in [4.78, 5) is 0.242. The van der Waals surface area contributed by atoms with Gasteiger partial charge in [-0.1, -0.05) is 36.7 Å². The Bertz CT molecular complexity index is 709. The van der Waals surface area contributed by atoms with Gasteiger partial charge in [0.2, 0.25) is 0 Å². The van der Waals surface area contributed by atoms with Crippen molar-refractivity contribution in [3.05, 3.63) is 58.6 Å². The summed E-state index contributed by atoms with van der Waals surface area (Å²) >= 11 is 5.99. The van der Waals surface area contributed by atoms with Gasteiger partial charge in [-0.3, -0.25) is 4.72 Å². The van der Waals surface area contributed by atoms with E-state index in [-0.39, 0.29) is 4.90 Å². The predicted molar refractivity (Wildman–Crippen MR) is 82.8 cm³/mol. The quantitative estimate of drug-likeness (QED) is 0.927. The van der Waals surface area contributed by atoms with Crippen LogP contribution in [0.3, 0.4) is 0 Å². The van der Waals surface area contributed by atoms with Crippen LogP contribution in [0, 0.1) is 6.92 Å². The summed E-state index contributed by atoms with van der Waals surface area (Å²) in [6.45, 7) is 3.89. The number of aryl methyl sites for hydroxylation is 2. The average Bonchev–Trinajstić information content (AvgIpc) is 2.43. The van der Waals surface area contributed by atoms with E-state index in [4.69, 9.17) is 11.6 Å². The molecule has 0 aliphatic carbocycles. The molecule has 2 rings (SSSR count). The highest BCUT2D eigenvalue weighted by Gasteiger charge is 2.14. The molecule has 0 heterocycles. The SMILES string of the molecule is CCc1ccc(S(=O)(=O)Nc2ccc(C)c(Cl)c2)cc1. The van der Waals surface area contributed by atoms with Crippen LogP contribution in [0.2, 0.25) is 5.02 Å². The fourth-order valence-electron chi connectivity index (χ4n) is 1.77. The normalized spacial score (nSPS) is 11.3. The molecule has 3 nitrogen and oxygen atoms in total. The number of anilines is 1. The molecule has 1 N–H and O–H groups in total. The molecule has 0 aliphatic heterocycles. The number of hydrogen-bond acceptors (Lipinski definition) is 2. The van der Waals surface area contributed by atoms with Crippen molar-refractivity contribution in [2.45, 2.75) is 25.2 Å². The summed E-state index contributed by atoms with van der Waals surface area (Å²) in [5.74, 6) is 0. The van der Waals surface area contributed by atoms with Crippen LogP contribution in [0.25, 0.3) is 0 Å². The lowest BCUT2D eigenvalue weighted by atomic mass is 10.2.